The largest absolute Gasteiger partial charge is 0.294 e. The summed E-state index contributed by atoms with van der Waals surface area (Å²) in [6.07, 6.45) is 4.94. The normalized spacial score (nSPS) is 10.6. The second-order valence-electron chi connectivity index (χ2n) is 5.19. The second-order valence-corrected chi connectivity index (χ2v) is 6.18. The molecular weight excluding hydrogens is 276 g/mol. The van der Waals surface area contributed by atoms with Gasteiger partial charge in [-0.05, 0) is 29.4 Å². The van der Waals surface area contributed by atoms with Gasteiger partial charge in [-0.2, -0.15) is 11.8 Å². The third-order valence-electron chi connectivity index (χ3n) is 3.57. The fourth-order valence-corrected chi connectivity index (χ4v) is 2.73. The maximum atomic E-state index is 12.0. The molecule has 0 atom stereocenters. The van der Waals surface area contributed by atoms with Gasteiger partial charge in [-0.25, -0.2) is 0 Å². The van der Waals surface area contributed by atoms with Crippen LogP contribution in [0.25, 0.3) is 11.1 Å². The monoisotopic (exact) mass is 298 g/mol. The molecule has 0 radical (unpaired) electrons. The number of ketones is 1. The number of hydrogen-bond acceptors (Lipinski definition) is 2. The summed E-state index contributed by atoms with van der Waals surface area (Å²) in [5.74, 6) is 1.12. The van der Waals surface area contributed by atoms with Gasteiger partial charge in [0.05, 0.1) is 0 Å². The third kappa shape index (κ3) is 4.47. The Bertz CT molecular complexity index is 570. The van der Waals surface area contributed by atoms with E-state index in [1.165, 1.54) is 23.1 Å². The van der Waals surface area contributed by atoms with E-state index in [0.717, 1.165) is 17.7 Å². The van der Waals surface area contributed by atoms with Gasteiger partial charge < -0.3 is 0 Å². The fourth-order valence-electron chi connectivity index (χ4n) is 2.34. The first kappa shape index (κ1) is 15.8. The van der Waals surface area contributed by atoms with E-state index in [4.69, 9.17) is 0 Å². The lowest BCUT2D eigenvalue weighted by Gasteiger charge is -2.05. The molecule has 0 aliphatic heterocycles. The average Bonchev–Trinajstić information content (AvgIpc) is 2.54. The summed E-state index contributed by atoms with van der Waals surface area (Å²) in [5, 5.41) is 0. The van der Waals surface area contributed by atoms with Crippen molar-refractivity contribution in [1.82, 2.24) is 0 Å². The number of thioether (sulfide) groups is 1. The van der Waals surface area contributed by atoms with Gasteiger partial charge in [0.1, 0.15) is 0 Å². The van der Waals surface area contributed by atoms with Gasteiger partial charge in [0, 0.05) is 17.7 Å². The van der Waals surface area contributed by atoms with Crippen LogP contribution in [0.1, 0.15) is 35.7 Å². The van der Waals surface area contributed by atoms with Crippen LogP contribution in [0.5, 0.6) is 0 Å². The maximum absolute atomic E-state index is 12.0. The van der Waals surface area contributed by atoms with Crippen LogP contribution in [-0.4, -0.2) is 17.8 Å². The van der Waals surface area contributed by atoms with Crippen LogP contribution in [-0.2, 0) is 6.42 Å². The molecule has 2 aromatic carbocycles. The lowest BCUT2D eigenvalue weighted by Crippen LogP contribution is -2.00. The van der Waals surface area contributed by atoms with Gasteiger partial charge in [0.25, 0.3) is 0 Å². The minimum absolute atomic E-state index is 0.231. The Morgan fingerprint density at radius 1 is 0.952 bits per heavy atom. The molecule has 0 unspecified atom stereocenters. The lowest BCUT2D eigenvalue weighted by atomic mass is 10.00. The number of carbonyl (C=O) groups excluding carboxylic acids is 1. The number of benzene rings is 2. The molecule has 21 heavy (non-hydrogen) atoms. The number of Topliss-reactive ketones (excluding diaryl/α,β-unsaturated/α-hetero) is 1. The van der Waals surface area contributed by atoms with Gasteiger partial charge in [0.2, 0.25) is 0 Å². The molecule has 0 aliphatic carbocycles. The predicted molar refractivity (Wildman–Crippen MR) is 93.2 cm³/mol. The van der Waals surface area contributed by atoms with Crippen LogP contribution in [0.15, 0.2) is 48.5 Å². The van der Waals surface area contributed by atoms with E-state index in [0.29, 0.717) is 6.42 Å². The number of carbonyl (C=O) groups is 1. The molecule has 2 rings (SSSR count). The van der Waals surface area contributed by atoms with Gasteiger partial charge in [0.15, 0.2) is 5.78 Å². The van der Waals surface area contributed by atoms with Crippen LogP contribution >= 0.6 is 11.8 Å². The number of aryl methyl sites for hydroxylation is 1. The summed E-state index contributed by atoms with van der Waals surface area (Å²) in [6, 6.07) is 16.7. The Labute approximate surface area is 131 Å². The standard InChI is InChI=1S/C19H22OS/c1-3-4-15-5-7-16(8-6-15)17-9-11-18(12-10-17)19(20)13-14-21-2/h5-12H,3-4,13-14H2,1-2H3. The molecule has 0 amide bonds. The molecule has 0 heterocycles. The Hall–Kier alpha value is -1.54. The molecular formula is C19H22OS. The Morgan fingerprint density at radius 3 is 2.05 bits per heavy atom. The molecule has 1 nitrogen and oxygen atoms in total. The van der Waals surface area contributed by atoms with E-state index in [1.807, 2.05) is 30.5 Å². The molecule has 110 valence electrons. The second kappa shape index (κ2) is 8.04. The van der Waals surface area contributed by atoms with Crippen molar-refractivity contribution in [3.63, 3.8) is 0 Å². The Morgan fingerprint density at radius 2 is 1.52 bits per heavy atom. The zero-order valence-electron chi connectivity index (χ0n) is 12.8. The molecule has 0 saturated heterocycles. The van der Waals surface area contributed by atoms with E-state index < -0.39 is 0 Å². The highest BCUT2D eigenvalue weighted by Gasteiger charge is 2.05. The molecule has 0 aliphatic rings. The molecule has 0 N–H and O–H groups in total. The molecule has 0 saturated carbocycles. The average molecular weight is 298 g/mol. The van der Waals surface area contributed by atoms with Gasteiger partial charge in [-0.1, -0.05) is 61.9 Å². The molecule has 0 bridgehead atoms. The summed E-state index contributed by atoms with van der Waals surface area (Å²) >= 11 is 1.71. The van der Waals surface area contributed by atoms with E-state index in [9.17, 15) is 4.79 Å². The third-order valence-corrected chi connectivity index (χ3v) is 4.18. The van der Waals surface area contributed by atoms with Crippen molar-refractivity contribution >= 4 is 17.5 Å². The van der Waals surface area contributed by atoms with Crippen molar-refractivity contribution in [1.29, 1.82) is 0 Å². The summed E-state index contributed by atoms with van der Waals surface area (Å²) in [7, 11) is 0. The zero-order chi connectivity index (χ0) is 15.1. The predicted octanol–water partition coefficient (Wildman–Crippen LogP) is 5.24. The van der Waals surface area contributed by atoms with Crippen molar-refractivity contribution in [2.45, 2.75) is 26.2 Å². The molecule has 0 aromatic heterocycles. The zero-order valence-corrected chi connectivity index (χ0v) is 13.6. The quantitative estimate of drug-likeness (QED) is 0.650. The van der Waals surface area contributed by atoms with Crippen molar-refractivity contribution in [2.75, 3.05) is 12.0 Å². The van der Waals surface area contributed by atoms with Gasteiger partial charge in [-0.3, -0.25) is 4.79 Å². The Balaban J connectivity index is 2.09. The summed E-state index contributed by atoms with van der Waals surface area (Å²) in [5.41, 5.74) is 4.57. The van der Waals surface area contributed by atoms with E-state index in [2.05, 4.69) is 31.2 Å². The first-order valence-corrected chi connectivity index (χ1v) is 8.85. The molecule has 0 fully saturated rings. The fraction of sp³-hybridized carbons (Fsp3) is 0.316. The van der Waals surface area contributed by atoms with E-state index >= 15 is 0 Å². The van der Waals surface area contributed by atoms with Crippen molar-refractivity contribution in [2.24, 2.45) is 0 Å². The van der Waals surface area contributed by atoms with Crippen molar-refractivity contribution in [3.8, 4) is 11.1 Å². The minimum Gasteiger partial charge on any atom is -0.294 e. The van der Waals surface area contributed by atoms with Crippen molar-refractivity contribution in [3.05, 3.63) is 59.7 Å². The molecule has 2 aromatic rings. The number of rotatable bonds is 7. The topological polar surface area (TPSA) is 17.1 Å². The SMILES string of the molecule is CCCc1ccc(-c2ccc(C(=O)CCSC)cc2)cc1. The maximum Gasteiger partial charge on any atom is 0.163 e. The van der Waals surface area contributed by atoms with Crippen molar-refractivity contribution < 1.29 is 4.79 Å². The first-order valence-electron chi connectivity index (χ1n) is 7.46. The molecule has 0 spiro atoms. The van der Waals surface area contributed by atoms with Gasteiger partial charge in [-0.15, -0.1) is 0 Å². The molecule has 2 heteroatoms. The summed E-state index contributed by atoms with van der Waals surface area (Å²) in [6.45, 7) is 2.20. The first-order chi connectivity index (χ1) is 10.2. The smallest absolute Gasteiger partial charge is 0.163 e. The lowest BCUT2D eigenvalue weighted by molar-refractivity contribution is 0.0989. The van der Waals surface area contributed by atoms with Crippen LogP contribution in [0.4, 0.5) is 0 Å². The van der Waals surface area contributed by atoms with E-state index in [1.54, 1.807) is 11.8 Å². The van der Waals surface area contributed by atoms with Crippen LogP contribution in [0.2, 0.25) is 0 Å². The van der Waals surface area contributed by atoms with Crippen LogP contribution in [0.3, 0.4) is 0 Å². The van der Waals surface area contributed by atoms with E-state index in [-0.39, 0.29) is 5.78 Å². The number of hydrogen-bond donors (Lipinski definition) is 0. The Kier molecular flexibility index (Phi) is 6.06. The van der Waals surface area contributed by atoms with Crippen LogP contribution in [0, 0.1) is 0 Å². The highest BCUT2D eigenvalue weighted by molar-refractivity contribution is 7.98. The highest BCUT2D eigenvalue weighted by Crippen LogP contribution is 2.21. The van der Waals surface area contributed by atoms with Crippen LogP contribution < -0.4 is 0 Å². The summed E-state index contributed by atoms with van der Waals surface area (Å²) < 4.78 is 0. The highest BCUT2D eigenvalue weighted by atomic mass is 32.2. The summed E-state index contributed by atoms with van der Waals surface area (Å²) in [4.78, 5) is 12.0. The minimum atomic E-state index is 0.231. The van der Waals surface area contributed by atoms with Gasteiger partial charge >= 0.3 is 0 Å².